The molecule has 8 heteroatoms. The molecular weight excluding hydrogens is 324 g/mol. The fourth-order valence-corrected chi connectivity index (χ4v) is 2.04. The van der Waals surface area contributed by atoms with Crippen molar-refractivity contribution < 1.29 is 19.4 Å². The Bertz CT molecular complexity index is 710. The summed E-state index contributed by atoms with van der Waals surface area (Å²) < 4.78 is 6.81. The first-order valence-electron chi connectivity index (χ1n) is 8.01. The van der Waals surface area contributed by atoms with E-state index in [1.54, 1.807) is 0 Å². The molecule has 1 aromatic carbocycles. The fraction of sp³-hybridized carbons (Fsp3) is 0.412. The highest BCUT2D eigenvalue weighted by molar-refractivity contribution is 5.78. The Morgan fingerprint density at radius 1 is 1.28 bits per heavy atom. The monoisotopic (exact) mass is 346 g/mol. The second kappa shape index (κ2) is 8.81. The number of carbonyl (C=O) groups excluding carboxylic acids is 1. The minimum atomic E-state index is -0.999. The van der Waals surface area contributed by atoms with Crippen molar-refractivity contribution in [3.8, 4) is 5.75 Å². The lowest BCUT2D eigenvalue weighted by atomic mass is 10.1. The van der Waals surface area contributed by atoms with Crippen molar-refractivity contribution in [3.63, 3.8) is 0 Å². The molecule has 0 saturated carbocycles. The van der Waals surface area contributed by atoms with Gasteiger partial charge in [0.15, 0.2) is 0 Å². The van der Waals surface area contributed by atoms with Gasteiger partial charge in [0.1, 0.15) is 18.0 Å². The van der Waals surface area contributed by atoms with Crippen LogP contribution in [0.4, 0.5) is 0 Å². The molecule has 2 aromatic rings. The maximum Gasteiger partial charge on any atom is 0.325 e. The summed E-state index contributed by atoms with van der Waals surface area (Å²) in [6.45, 7) is 4.76. The van der Waals surface area contributed by atoms with Crippen molar-refractivity contribution in [2.24, 2.45) is 5.92 Å². The SMILES string of the molecule is CC(C)COc1ccc(CC(=O)NCc2cn(CC(=O)O)nn2)cc1. The molecule has 0 aliphatic carbocycles. The molecule has 0 aliphatic rings. The van der Waals surface area contributed by atoms with Crippen molar-refractivity contribution >= 4 is 11.9 Å². The number of rotatable bonds is 9. The van der Waals surface area contributed by atoms with Gasteiger partial charge in [-0.1, -0.05) is 31.2 Å². The number of ether oxygens (including phenoxy) is 1. The Hall–Kier alpha value is -2.90. The summed E-state index contributed by atoms with van der Waals surface area (Å²) in [6, 6.07) is 7.42. The summed E-state index contributed by atoms with van der Waals surface area (Å²) >= 11 is 0. The molecule has 0 aliphatic heterocycles. The number of amides is 1. The first kappa shape index (κ1) is 18.4. The molecule has 2 N–H and O–H groups in total. The van der Waals surface area contributed by atoms with Gasteiger partial charge in [-0.3, -0.25) is 9.59 Å². The highest BCUT2D eigenvalue weighted by atomic mass is 16.5. The van der Waals surface area contributed by atoms with Crippen LogP contribution in [0.15, 0.2) is 30.5 Å². The van der Waals surface area contributed by atoms with Gasteiger partial charge in [0, 0.05) is 0 Å². The first-order valence-corrected chi connectivity index (χ1v) is 8.01. The normalized spacial score (nSPS) is 10.7. The van der Waals surface area contributed by atoms with E-state index in [0.717, 1.165) is 11.3 Å². The first-order chi connectivity index (χ1) is 11.9. The minimum absolute atomic E-state index is 0.149. The van der Waals surface area contributed by atoms with E-state index >= 15 is 0 Å². The van der Waals surface area contributed by atoms with Crippen molar-refractivity contribution in [2.45, 2.75) is 33.4 Å². The molecular formula is C17H22N4O4. The van der Waals surface area contributed by atoms with E-state index in [-0.39, 0.29) is 25.4 Å². The van der Waals surface area contributed by atoms with Crippen LogP contribution in [0.3, 0.4) is 0 Å². The Labute approximate surface area is 145 Å². The number of aliphatic carboxylic acids is 1. The third kappa shape index (κ3) is 6.62. The number of carboxylic acid groups (broad SMARTS) is 1. The topological polar surface area (TPSA) is 106 Å². The van der Waals surface area contributed by atoms with Gasteiger partial charge in [-0.25, -0.2) is 4.68 Å². The lowest BCUT2D eigenvalue weighted by Gasteiger charge is -2.09. The number of hydrogen-bond acceptors (Lipinski definition) is 5. The predicted molar refractivity (Wildman–Crippen MR) is 90.0 cm³/mol. The molecule has 0 radical (unpaired) electrons. The van der Waals surface area contributed by atoms with E-state index in [9.17, 15) is 9.59 Å². The molecule has 0 fully saturated rings. The van der Waals surface area contributed by atoms with Crippen LogP contribution >= 0.6 is 0 Å². The highest BCUT2D eigenvalue weighted by Crippen LogP contribution is 2.13. The van der Waals surface area contributed by atoms with E-state index < -0.39 is 5.97 Å². The molecule has 1 heterocycles. The van der Waals surface area contributed by atoms with Crippen LogP contribution in [0.1, 0.15) is 25.1 Å². The van der Waals surface area contributed by atoms with Crippen LogP contribution in [0.2, 0.25) is 0 Å². The van der Waals surface area contributed by atoms with Crippen molar-refractivity contribution in [2.75, 3.05) is 6.61 Å². The third-order valence-corrected chi connectivity index (χ3v) is 3.22. The molecule has 1 aromatic heterocycles. The second-order valence-corrected chi connectivity index (χ2v) is 6.10. The lowest BCUT2D eigenvalue weighted by Crippen LogP contribution is -2.24. The molecule has 0 bridgehead atoms. The van der Waals surface area contributed by atoms with E-state index in [4.69, 9.17) is 9.84 Å². The van der Waals surface area contributed by atoms with E-state index in [1.165, 1.54) is 10.9 Å². The van der Waals surface area contributed by atoms with Crippen LogP contribution in [0.5, 0.6) is 5.75 Å². The number of benzene rings is 1. The Kier molecular flexibility index (Phi) is 6.50. The van der Waals surface area contributed by atoms with Crippen LogP contribution in [0.25, 0.3) is 0 Å². The fourth-order valence-electron chi connectivity index (χ4n) is 2.04. The molecule has 0 spiro atoms. The van der Waals surface area contributed by atoms with Gasteiger partial charge in [-0.15, -0.1) is 5.10 Å². The summed E-state index contributed by atoms with van der Waals surface area (Å²) in [5, 5.41) is 18.9. The van der Waals surface area contributed by atoms with Crippen LogP contribution in [-0.4, -0.2) is 38.6 Å². The molecule has 1 amide bonds. The zero-order valence-electron chi connectivity index (χ0n) is 14.3. The highest BCUT2D eigenvalue weighted by Gasteiger charge is 2.07. The number of nitrogens with one attached hydrogen (secondary N) is 1. The average molecular weight is 346 g/mol. The van der Waals surface area contributed by atoms with Crippen molar-refractivity contribution in [3.05, 3.63) is 41.7 Å². The maximum absolute atomic E-state index is 12.0. The third-order valence-electron chi connectivity index (χ3n) is 3.22. The quantitative estimate of drug-likeness (QED) is 0.708. The molecule has 8 nitrogen and oxygen atoms in total. The van der Waals surface area contributed by atoms with Crippen LogP contribution in [0, 0.1) is 5.92 Å². The maximum atomic E-state index is 12.0. The zero-order chi connectivity index (χ0) is 18.2. The summed E-state index contributed by atoms with van der Waals surface area (Å²) in [7, 11) is 0. The summed E-state index contributed by atoms with van der Waals surface area (Å²) in [6.07, 6.45) is 1.74. The molecule has 0 unspecified atom stereocenters. The van der Waals surface area contributed by atoms with Crippen LogP contribution < -0.4 is 10.1 Å². The summed E-state index contributed by atoms with van der Waals surface area (Å²) in [5.41, 5.74) is 1.39. The van der Waals surface area contributed by atoms with Gasteiger partial charge < -0.3 is 15.2 Å². The number of carbonyl (C=O) groups is 2. The Balaban J connectivity index is 1.78. The smallest absolute Gasteiger partial charge is 0.325 e. The van der Waals surface area contributed by atoms with Crippen molar-refractivity contribution in [1.82, 2.24) is 20.3 Å². The van der Waals surface area contributed by atoms with Gasteiger partial charge in [-0.2, -0.15) is 0 Å². The van der Waals surface area contributed by atoms with Gasteiger partial charge in [0.2, 0.25) is 5.91 Å². The Morgan fingerprint density at radius 2 is 2.00 bits per heavy atom. The molecule has 0 atom stereocenters. The Morgan fingerprint density at radius 3 is 2.64 bits per heavy atom. The van der Waals surface area contributed by atoms with Crippen molar-refractivity contribution in [1.29, 1.82) is 0 Å². The summed E-state index contributed by atoms with van der Waals surface area (Å²) in [5.74, 6) is 0.0942. The van der Waals surface area contributed by atoms with E-state index in [1.807, 2.05) is 24.3 Å². The number of nitrogens with zero attached hydrogens (tertiary/aromatic N) is 3. The zero-order valence-corrected chi connectivity index (χ0v) is 14.3. The van der Waals surface area contributed by atoms with Gasteiger partial charge >= 0.3 is 5.97 Å². The van der Waals surface area contributed by atoms with Gasteiger partial charge in [0.25, 0.3) is 0 Å². The predicted octanol–water partition coefficient (Wildman–Crippen LogP) is 1.26. The largest absolute Gasteiger partial charge is 0.493 e. The molecule has 0 saturated heterocycles. The number of aromatic nitrogens is 3. The van der Waals surface area contributed by atoms with Gasteiger partial charge in [0.05, 0.1) is 25.8 Å². The molecule has 2 rings (SSSR count). The van der Waals surface area contributed by atoms with E-state index in [0.29, 0.717) is 18.2 Å². The van der Waals surface area contributed by atoms with Gasteiger partial charge in [-0.05, 0) is 23.6 Å². The van der Waals surface area contributed by atoms with E-state index in [2.05, 4.69) is 29.5 Å². The minimum Gasteiger partial charge on any atom is -0.493 e. The number of hydrogen-bond donors (Lipinski definition) is 2. The molecule has 25 heavy (non-hydrogen) atoms. The average Bonchev–Trinajstić information content (AvgIpc) is 2.99. The van der Waals surface area contributed by atoms with Crippen LogP contribution in [-0.2, 0) is 29.1 Å². The number of carboxylic acids is 1. The molecule has 134 valence electrons. The second-order valence-electron chi connectivity index (χ2n) is 6.10. The standard InChI is InChI=1S/C17H22N4O4/c1-12(2)11-25-15-5-3-13(4-6-15)7-16(22)18-8-14-9-21(20-19-14)10-17(23)24/h3-6,9,12H,7-8,10-11H2,1-2H3,(H,18,22)(H,23,24). The lowest BCUT2D eigenvalue weighted by molar-refractivity contribution is -0.138. The summed E-state index contributed by atoms with van der Waals surface area (Å²) in [4.78, 5) is 22.6.